The van der Waals surface area contributed by atoms with Gasteiger partial charge in [-0.25, -0.2) is 0 Å². The average molecular weight is 141 g/mol. The molecule has 0 N–H and O–H groups in total. The van der Waals surface area contributed by atoms with Gasteiger partial charge in [-0.05, 0) is 0 Å². The van der Waals surface area contributed by atoms with Gasteiger partial charge in [-0.1, -0.05) is 29.8 Å². The number of allylic oxidation sites excluding steroid dienone is 1. The van der Waals surface area contributed by atoms with Crippen LogP contribution in [0.1, 0.15) is 0 Å². The summed E-state index contributed by atoms with van der Waals surface area (Å²) in [5.74, 6) is 0.378. The first-order valence-electron chi connectivity index (χ1n) is 1.69. The van der Waals surface area contributed by atoms with Gasteiger partial charge in [-0.3, -0.25) is 0 Å². The highest BCUT2D eigenvalue weighted by Crippen LogP contribution is 2.11. The SMILES string of the molecule is C=C(OC)C(Cl)Cl. The predicted octanol–water partition coefficient (Wildman–Crippen LogP) is 1.95. The average Bonchev–Trinajstić information content (AvgIpc) is 1.65. The van der Waals surface area contributed by atoms with Crippen molar-refractivity contribution in [2.45, 2.75) is 4.84 Å². The summed E-state index contributed by atoms with van der Waals surface area (Å²) in [4.78, 5) is -0.606. The maximum Gasteiger partial charge on any atom is 0.163 e. The highest BCUT2D eigenvalue weighted by atomic mass is 35.5. The fraction of sp³-hybridized carbons (Fsp3) is 0.500. The number of ether oxygens (including phenoxy) is 1. The van der Waals surface area contributed by atoms with Gasteiger partial charge < -0.3 is 4.74 Å². The number of hydrogen-bond donors (Lipinski definition) is 0. The molecule has 0 rings (SSSR count). The normalized spacial score (nSPS) is 9.14. The zero-order chi connectivity index (χ0) is 5.86. The van der Waals surface area contributed by atoms with Gasteiger partial charge in [0.25, 0.3) is 0 Å². The first-order valence-corrected chi connectivity index (χ1v) is 2.56. The molecule has 1 nitrogen and oxygen atoms in total. The second kappa shape index (κ2) is 3.16. The molecule has 0 aromatic heterocycles. The fourth-order valence-corrected chi connectivity index (χ4v) is 0.267. The van der Waals surface area contributed by atoms with E-state index in [1.54, 1.807) is 0 Å². The quantitative estimate of drug-likeness (QED) is 0.421. The summed E-state index contributed by atoms with van der Waals surface area (Å²) < 4.78 is 4.55. The van der Waals surface area contributed by atoms with Gasteiger partial charge in [0.15, 0.2) is 4.84 Å². The number of hydrogen-bond acceptors (Lipinski definition) is 1. The maximum absolute atomic E-state index is 5.27. The second-order valence-corrected chi connectivity index (χ2v) is 2.07. The fourth-order valence-electron chi connectivity index (χ4n) is 0.0891. The molecule has 0 heterocycles. The van der Waals surface area contributed by atoms with Gasteiger partial charge in [0, 0.05) is 0 Å². The van der Waals surface area contributed by atoms with Gasteiger partial charge in [0.1, 0.15) is 5.76 Å². The lowest BCUT2D eigenvalue weighted by Crippen LogP contribution is -1.92. The maximum atomic E-state index is 5.27. The Bertz CT molecular complexity index is 70.1. The molecule has 0 fully saturated rings. The van der Waals surface area contributed by atoms with Gasteiger partial charge >= 0.3 is 0 Å². The minimum Gasteiger partial charge on any atom is -0.499 e. The van der Waals surface area contributed by atoms with Crippen LogP contribution in [-0.2, 0) is 4.74 Å². The van der Waals surface area contributed by atoms with Crippen molar-refractivity contribution in [2.24, 2.45) is 0 Å². The molecular formula is C4H6Cl2O. The van der Waals surface area contributed by atoms with Crippen molar-refractivity contribution < 1.29 is 4.74 Å². The van der Waals surface area contributed by atoms with Crippen molar-refractivity contribution in [3.05, 3.63) is 12.3 Å². The summed E-state index contributed by atoms with van der Waals surface area (Å²) in [5.41, 5.74) is 0. The molecule has 7 heavy (non-hydrogen) atoms. The van der Waals surface area contributed by atoms with E-state index in [9.17, 15) is 0 Å². The largest absolute Gasteiger partial charge is 0.499 e. The van der Waals surface area contributed by atoms with Crippen molar-refractivity contribution in [3.63, 3.8) is 0 Å². The molecule has 0 unspecified atom stereocenters. The van der Waals surface area contributed by atoms with E-state index in [1.165, 1.54) is 7.11 Å². The molecule has 0 saturated heterocycles. The van der Waals surface area contributed by atoms with Crippen LogP contribution in [0, 0.1) is 0 Å². The standard InChI is InChI=1S/C4H6Cl2O/c1-3(7-2)4(5)6/h4H,1H2,2H3. The Kier molecular flexibility index (Phi) is 3.22. The number of methoxy groups -OCH3 is 1. The molecule has 0 bridgehead atoms. The summed E-state index contributed by atoms with van der Waals surface area (Å²) in [7, 11) is 1.47. The van der Waals surface area contributed by atoms with E-state index in [-0.39, 0.29) is 0 Å². The van der Waals surface area contributed by atoms with E-state index in [4.69, 9.17) is 23.2 Å². The first kappa shape index (κ1) is 7.12. The summed E-state index contributed by atoms with van der Waals surface area (Å²) in [6.45, 7) is 3.39. The Labute approximate surface area is 52.9 Å². The van der Waals surface area contributed by atoms with Crippen LogP contribution < -0.4 is 0 Å². The zero-order valence-corrected chi connectivity index (χ0v) is 5.46. The second-order valence-electron chi connectivity index (χ2n) is 0.971. The molecule has 0 atom stereocenters. The Balaban J connectivity index is 3.35. The molecular weight excluding hydrogens is 135 g/mol. The highest BCUT2D eigenvalue weighted by Gasteiger charge is 2.00. The number of halogens is 2. The number of rotatable bonds is 2. The molecule has 0 amide bonds. The molecule has 0 aliphatic carbocycles. The van der Waals surface area contributed by atoms with Crippen molar-refractivity contribution in [2.75, 3.05) is 7.11 Å². The number of alkyl halides is 2. The van der Waals surface area contributed by atoms with Crippen molar-refractivity contribution in [1.29, 1.82) is 0 Å². The van der Waals surface area contributed by atoms with Crippen LogP contribution in [0.2, 0.25) is 0 Å². The van der Waals surface area contributed by atoms with E-state index < -0.39 is 4.84 Å². The van der Waals surface area contributed by atoms with Crippen LogP contribution in [0.25, 0.3) is 0 Å². The monoisotopic (exact) mass is 140 g/mol. The Morgan fingerprint density at radius 3 is 2.14 bits per heavy atom. The van der Waals surface area contributed by atoms with Gasteiger partial charge in [-0.2, -0.15) is 0 Å². The van der Waals surface area contributed by atoms with Gasteiger partial charge in [0.05, 0.1) is 7.11 Å². The van der Waals surface area contributed by atoms with E-state index >= 15 is 0 Å². The van der Waals surface area contributed by atoms with Crippen LogP contribution in [0.5, 0.6) is 0 Å². The summed E-state index contributed by atoms with van der Waals surface area (Å²) >= 11 is 10.5. The van der Waals surface area contributed by atoms with Crippen molar-refractivity contribution in [3.8, 4) is 0 Å². The Hall–Kier alpha value is 0.120. The minimum absolute atomic E-state index is 0.378. The Morgan fingerprint density at radius 2 is 2.14 bits per heavy atom. The topological polar surface area (TPSA) is 9.23 Å². The highest BCUT2D eigenvalue weighted by molar-refractivity contribution is 6.45. The third-order valence-corrected chi connectivity index (χ3v) is 0.992. The minimum atomic E-state index is -0.606. The summed E-state index contributed by atoms with van der Waals surface area (Å²) in [6.07, 6.45) is 0. The summed E-state index contributed by atoms with van der Waals surface area (Å²) in [5, 5.41) is 0. The smallest absolute Gasteiger partial charge is 0.163 e. The third-order valence-electron chi connectivity index (χ3n) is 0.506. The van der Waals surface area contributed by atoms with Crippen LogP contribution >= 0.6 is 23.2 Å². The predicted molar refractivity (Wildman–Crippen MR) is 31.6 cm³/mol. The molecule has 0 aliphatic rings. The van der Waals surface area contributed by atoms with E-state index in [1.807, 2.05) is 0 Å². The van der Waals surface area contributed by atoms with Gasteiger partial charge in [-0.15, -0.1) is 0 Å². The van der Waals surface area contributed by atoms with Crippen LogP contribution in [0.4, 0.5) is 0 Å². The molecule has 0 aromatic rings. The summed E-state index contributed by atoms with van der Waals surface area (Å²) in [6, 6.07) is 0. The first-order chi connectivity index (χ1) is 3.18. The van der Waals surface area contributed by atoms with Crippen LogP contribution in [0.15, 0.2) is 12.3 Å². The zero-order valence-electron chi connectivity index (χ0n) is 3.95. The molecule has 42 valence electrons. The van der Waals surface area contributed by atoms with Crippen LogP contribution in [-0.4, -0.2) is 11.9 Å². The molecule has 0 radical (unpaired) electrons. The Morgan fingerprint density at radius 1 is 1.71 bits per heavy atom. The van der Waals surface area contributed by atoms with Crippen LogP contribution in [0.3, 0.4) is 0 Å². The molecule has 0 spiro atoms. The molecule has 0 aliphatic heterocycles. The molecule has 3 heteroatoms. The van der Waals surface area contributed by atoms with Crippen molar-refractivity contribution >= 4 is 23.2 Å². The molecule has 0 aromatic carbocycles. The lowest BCUT2D eigenvalue weighted by atomic mass is 10.6. The lowest BCUT2D eigenvalue weighted by Gasteiger charge is -2.00. The van der Waals surface area contributed by atoms with Gasteiger partial charge in [0.2, 0.25) is 0 Å². The lowest BCUT2D eigenvalue weighted by molar-refractivity contribution is 0.292. The molecule has 0 saturated carbocycles. The van der Waals surface area contributed by atoms with E-state index in [2.05, 4.69) is 11.3 Å². The van der Waals surface area contributed by atoms with Crippen molar-refractivity contribution in [1.82, 2.24) is 0 Å². The third kappa shape index (κ3) is 2.77. The van der Waals surface area contributed by atoms with E-state index in [0.717, 1.165) is 0 Å². The van der Waals surface area contributed by atoms with E-state index in [0.29, 0.717) is 5.76 Å².